The van der Waals surface area contributed by atoms with Crippen LogP contribution in [0.3, 0.4) is 0 Å². The Labute approximate surface area is 120 Å². The minimum absolute atomic E-state index is 0.221. The van der Waals surface area contributed by atoms with Crippen LogP contribution in [0.5, 0.6) is 0 Å². The number of rotatable bonds is 2. The molecule has 112 valence electrons. The first-order valence-electron chi connectivity index (χ1n) is 6.86. The van der Waals surface area contributed by atoms with Crippen LogP contribution in [0.4, 0.5) is 0 Å². The van der Waals surface area contributed by atoms with Crippen molar-refractivity contribution in [3.05, 3.63) is 39.8 Å². The van der Waals surface area contributed by atoms with Crippen molar-refractivity contribution < 1.29 is 9.90 Å². The number of aromatic nitrogens is 4. The van der Waals surface area contributed by atoms with Crippen LogP contribution in [0.25, 0.3) is 0 Å². The van der Waals surface area contributed by atoms with Crippen LogP contribution in [-0.4, -0.2) is 42.2 Å². The summed E-state index contributed by atoms with van der Waals surface area (Å²) in [5.41, 5.74) is 1.35. The Bertz CT molecular complexity index is 711. The molecule has 0 aromatic carbocycles. The monoisotopic (exact) mass is 291 g/mol. The van der Waals surface area contributed by atoms with Crippen molar-refractivity contribution in [3.63, 3.8) is 0 Å². The van der Waals surface area contributed by atoms with Gasteiger partial charge in [0.15, 0.2) is 0 Å². The van der Waals surface area contributed by atoms with E-state index >= 15 is 0 Å². The topological polar surface area (TPSA) is 107 Å². The highest BCUT2D eigenvalue weighted by molar-refractivity contribution is 5.92. The zero-order chi connectivity index (χ0) is 15.0. The van der Waals surface area contributed by atoms with Crippen molar-refractivity contribution in [3.8, 4) is 0 Å². The fourth-order valence-corrected chi connectivity index (χ4v) is 2.48. The molecule has 1 atom stereocenters. The molecule has 2 aromatic heterocycles. The van der Waals surface area contributed by atoms with Crippen molar-refractivity contribution in [2.45, 2.75) is 32.5 Å². The fourth-order valence-electron chi connectivity index (χ4n) is 2.48. The number of aliphatic hydroxyl groups is 1. The Morgan fingerprint density at radius 2 is 2.29 bits per heavy atom. The lowest BCUT2D eigenvalue weighted by molar-refractivity contribution is 0.0740. The second kappa shape index (κ2) is 5.21. The molecule has 1 aliphatic rings. The lowest BCUT2D eigenvalue weighted by atomic mass is 10.2. The Kier molecular flexibility index (Phi) is 3.38. The zero-order valence-electron chi connectivity index (χ0n) is 11.7. The minimum atomic E-state index is -0.630. The fraction of sp³-hybridized carbons (Fsp3) is 0.462. The Morgan fingerprint density at radius 1 is 1.48 bits per heavy atom. The van der Waals surface area contributed by atoms with Gasteiger partial charge in [-0.15, -0.1) is 0 Å². The molecule has 1 aliphatic heterocycles. The number of carbonyl (C=O) groups is 1. The van der Waals surface area contributed by atoms with Gasteiger partial charge in [0.2, 0.25) is 0 Å². The van der Waals surface area contributed by atoms with Crippen LogP contribution in [0.1, 0.15) is 41.3 Å². The molecule has 0 radical (unpaired) electrons. The third kappa shape index (κ3) is 2.62. The van der Waals surface area contributed by atoms with Crippen molar-refractivity contribution >= 4 is 5.91 Å². The van der Waals surface area contributed by atoms with Gasteiger partial charge in [-0.25, -0.2) is 4.79 Å². The van der Waals surface area contributed by atoms with E-state index in [1.54, 1.807) is 11.8 Å². The normalized spacial score (nSPS) is 16.4. The largest absolute Gasteiger partial charge is 0.387 e. The van der Waals surface area contributed by atoms with Gasteiger partial charge in [0.05, 0.1) is 24.0 Å². The lowest BCUT2D eigenvalue weighted by Crippen LogP contribution is -2.31. The molecule has 0 aliphatic carbocycles. The third-order valence-corrected chi connectivity index (χ3v) is 3.57. The summed E-state index contributed by atoms with van der Waals surface area (Å²) in [6, 6.07) is 1.82. The average molecular weight is 291 g/mol. The summed E-state index contributed by atoms with van der Waals surface area (Å²) >= 11 is 0. The highest BCUT2D eigenvalue weighted by Crippen LogP contribution is 2.18. The number of H-pyrrole nitrogens is 2. The molecule has 21 heavy (non-hydrogen) atoms. The SMILES string of the molecule is C[C@@H](O)c1cc2n(n1)CCCN(C(=O)c1c[nH]c(=O)[nH]1)C2. The predicted molar refractivity (Wildman–Crippen MR) is 73.6 cm³/mol. The van der Waals surface area contributed by atoms with E-state index in [-0.39, 0.29) is 11.6 Å². The minimum Gasteiger partial charge on any atom is -0.387 e. The van der Waals surface area contributed by atoms with Crippen molar-refractivity contribution in [2.24, 2.45) is 0 Å². The van der Waals surface area contributed by atoms with Crippen LogP contribution in [0.2, 0.25) is 0 Å². The molecule has 3 heterocycles. The van der Waals surface area contributed by atoms with E-state index in [4.69, 9.17) is 0 Å². The maximum Gasteiger partial charge on any atom is 0.323 e. The first kappa shape index (κ1) is 13.6. The Balaban J connectivity index is 1.84. The summed E-state index contributed by atoms with van der Waals surface area (Å²) in [4.78, 5) is 30.1. The summed E-state index contributed by atoms with van der Waals surface area (Å²) in [7, 11) is 0. The van der Waals surface area contributed by atoms with E-state index in [2.05, 4.69) is 15.1 Å². The van der Waals surface area contributed by atoms with Crippen LogP contribution in [-0.2, 0) is 13.1 Å². The number of hydrogen-bond acceptors (Lipinski definition) is 4. The van der Waals surface area contributed by atoms with Crippen LogP contribution >= 0.6 is 0 Å². The van der Waals surface area contributed by atoms with Crippen LogP contribution in [0.15, 0.2) is 17.1 Å². The number of aryl methyl sites for hydroxylation is 1. The van der Waals surface area contributed by atoms with Gasteiger partial charge in [-0.2, -0.15) is 5.10 Å². The summed E-state index contributed by atoms with van der Waals surface area (Å²) in [5, 5.41) is 13.9. The van der Waals surface area contributed by atoms with Crippen molar-refractivity contribution in [1.82, 2.24) is 24.6 Å². The molecule has 0 spiro atoms. The first-order valence-corrected chi connectivity index (χ1v) is 6.86. The number of carbonyl (C=O) groups excluding carboxylic acids is 1. The Hall–Kier alpha value is -2.35. The molecule has 0 fully saturated rings. The van der Waals surface area contributed by atoms with Gasteiger partial charge >= 0.3 is 5.69 Å². The molecule has 3 N–H and O–H groups in total. The van der Waals surface area contributed by atoms with Crippen molar-refractivity contribution in [1.29, 1.82) is 0 Å². The number of nitrogens with zero attached hydrogens (tertiary/aromatic N) is 3. The predicted octanol–water partition coefficient (Wildman–Crippen LogP) is -0.00110. The molecular weight excluding hydrogens is 274 g/mol. The summed E-state index contributed by atoms with van der Waals surface area (Å²) in [6.07, 6.45) is 1.53. The number of aromatic amines is 2. The quantitative estimate of drug-likeness (QED) is 0.723. The maximum absolute atomic E-state index is 12.4. The molecule has 8 heteroatoms. The Morgan fingerprint density at radius 3 is 2.95 bits per heavy atom. The molecule has 2 aromatic rings. The molecule has 0 saturated heterocycles. The maximum atomic E-state index is 12.4. The van der Waals surface area contributed by atoms with E-state index in [1.165, 1.54) is 6.20 Å². The van der Waals surface area contributed by atoms with Gasteiger partial charge in [0.1, 0.15) is 5.69 Å². The number of amides is 1. The van der Waals surface area contributed by atoms with Gasteiger partial charge in [0.25, 0.3) is 5.91 Å². The molecular formula is C13H17N5O3. The molecule has 0 bridgehead atoms. The molecule has 0 unspecified atom stereocenters. The number of nitrogens with one attached hydrogen (secondary N) is 2. The number of imidazole rings is 1. The van der Waals surface area contributed by atoms with Gasteiger partial charge < -0.3 is 20.0 Å². The van der Waals surface area contributed by atoms with Crippen LogP contribution < -0.4 is 5.69 Å². The highest BCUT2D eigenvalue weighted by atomic mass is 16.3. The van der Waals surface area contributed by atoms with E-state index in [1.807, 2.05) is 10.7 Å². The van der Waals surface area contributed by atoms with E-state index < -0.39 is 11.8 Å². The zero-order valence-corrected chi connectivity index (χ0v) is 11.7. The number of fused-ring (bicyclic) bond motifs is 1. The molecule has 0 saturated carbocycles. The summed E-state index contributed by atoms with van der Waals surface area (Å²) < 4.78 is 1.83. The highest BCUT2D eigenvalue weighted by Gasteiger charge is 2.23. The number of aliphatic hydroxyl groups excluding tert-OH is 1. The first-order chi connectivity index (χ1) is 10.0. The third-order valence-electron chi connectivity index (χ3n) is 3.57. The molecule has 8 nitrogen and oxygen atoms in total. The number of hydrogen-bond donors (Lipinski definition) is 3. The lowest BCUT2D eigenvalue weighted by Gasteiger charge is -2.18. The molecule has 3 rings (SSSR count). The van der Waals surface area contributed by atoms with E-state index in [9.17, 15) is 14.7 Å². The second-order valence-electron chi connectivity index (χ2n) is 5.20. The van der Waals surface area contributed by atoms with Gasteiger partial charge in [-0.1, -0.05) is 0 Å². The van der Waals surface area contributed by atoms with Crippen LogP contribution in [0, 0.1) is 0 Å². The van der Waals surface area contributed by atoms with Gasteiger partial charge in [0, 0.05) is 19.3 Å². The average Bonchev–Trinajstić information content (AvgIpc) is 2.99. The smallest absolute Gasteiger partial charge is 0.323 e. The van der Waals surface area contributed by atoms with Gasteiger partial charge in [-0.3, -0.25) is 9.48 Å². The second-order valence-corrected chi connectivity index (χ2v) is 5.20. The van der Waals surface area contributed by atoms with Crippen molar-refractivity contribution in [2.75, 3.05) is 6.54 Å². The van der Waals surface area contributed by atoms with E-state index in [0.29, 0.717) is 25.3 Å². The molecule has 1 amide bonds. The summed E-state index contributed by atoms with van der Waals surface area (Å²) in [5.74, 6) is -0.221. The van der Waals surface area contributed by atoms with E-state index in [0.717, 1.165) is 12.1 Å². The van der Waals surface area contributed by atoms with Gasteiger partial charge in [-0.05, 0) is 19.4 Å². The summed E-state index contributed by atoms with van der Waals surface area (Å²) in [6.45, 7) is 3.37. The standard InChI is InChI=1S/C13H17N5O3/c1-8(19)10-5-9-7-17(3-2-4-18(9)16-10)12(20)11-6-14-13(21)15-11/h5-6,8,19H,2-4,7H2,1H3,(H2,14,15,21)/t8-/m1/s1.